The summed E-state index contributed by atoms with van der Waals surface area (Å²) in [5.41, 5.74) is 2.51. The van der Waals surface area contributed by atoms with E-state index in [1.165, 1.54) is 11.3 Å². The molecule has 1 heterocycles. The first kappa shape index (κ1) is 16.1. The molecule has 0 radical (unpaired) electrons. The maximum atomic E-state index is 5.68. The van der Waals surface area contributed by atoms with E-state index in [0.29, 0.717) is 6.04 Å². The van der Waals surface area contributed by atoms with E-state index in [0.717, 1.165) is 29.1 Å². The molecule has 1 atom stereocenters. The largest absolute Gasteiger partial charge is 0.464 e. The molecular formula is C17H23BrN2O. The van der Waals surface area contributed by atoms with Gasteiger partial charge in [-0.2, -0.15) is 0 Å². The van der Waals surface area contributed by atoms with Gasteiger partial charge in [0, 0.05) is 23.2 Å². The lowest BCUT2D eigenvalue weighted by molar-refractivity contribution is 0.481. The fourth-order valence-corrected chi connectivity index (χ4v) is 2.90. The molecule has 21 heavy (non-hydrogen) atoms. The molecule has 0 aliphatic heterocycles. The molecule has 2 aromatic rings. The lowest BCUT2D eigenvalue weighted by Gasteiger charge is -2.25. The maximum Gasteiger partial charge on any atom is 0.123 e. The molecule has 0 aliphatic rings. The maximum absolute atomic E-state index is 5.68. The van der Waals surface area contributed by atoms with Gasteiger partial charge in [0.1, 0.15) is 11.5 Å². The summed E-state index contributed by atoms with van der Waals surface area (Å²) in [6.45, 7) is 8.01. The van der Waals surface area contributed by atoms with Gasteiger partial charge in [0.05, 0.1) is 6.54 Å². The van der Waals surface area contributed by atoms with Crippen molar-refractivity contribution in [2.24, 2.45) is 0 Å². The number of hydrogen-bond donors (Lipinski definition) is 1. The predicted octanol–water partition coefficient (Wildman–Crippen LogP) is 4.66. The topological polar surface area (TPSA) is 28.4 Å². The molecule has 0 amide bonds. The standard InChI is InChI=1S/C17H23BrN2O/c1-5-19-13(3)16-10-14(18)7-9-17(16)20(4)11-15-8-6-12(2)21-15/h6-10,13,19H,5,11H2,1-4H3. The van der Waals surface area contributed by atoms with Gasteiger partial charge in [0.25, 0.3) is 0 Å². The first-order valence-corrected chi connectivity index (χ1v) is 8.09. The fraction of sp³-hybridized carbons (Fsp3) is 0.412. The molecule has 0 fully saturated rings. The lowest BCUT2D eigenvalue weighted by Crippen LogP contribution is -2.23. The number of nitrogens with zero attached hydrogens (tertiary/aromatic N) is 1. The monoisotopic (exact) mass is 350 g/mol. The highest BCUT2D eigenvalue weighted by Crippen LogP contribution is 2.30. The smallest absolute Gasteiger partial charge is 0.123 e. The number of nitrogens with one attached hydrogen (secondary N) is 1. The summed E-state index contributed by atoms with van der Waals surface area (Å²) in [6, 6.07) is 10.8. The van der Waals surface area contributed by atoms with Crippen molar-refractivity contribution in [2.75, 3.05) is 18.5 Å². The third-order valence-electron chi connectivity index (χ3n) is 3.57. The van der Waals surface area contributed by atoms with Gasteiger partial charge in [-0.15, -0.1) is 0 Å². The van der Waals surface area contributed by atoms with Crippen LogP contribution in [0.2, 0.25) is 0 Å². The molecular weight excluding hydrogens is 328 g/mol. The number of aryl methyl sites for hydroxylation is 1. The molecule has 4 heteroatoms. The Morgan fingerprint density at radius 1 is 1.29 bits per heavy atom. The van der Waals surface area contributed by atoms with Gasteiger partial charge in [0.2, 0.25) is 0 Å². The van der Waals surface area contributed by atoms with E-state index >= 15 is 0 Å². The Balaban J connectivity index is 2.25. The van der Waals surface area contributed by atoms with Crippen LogP contribution in [0.4, 0.5) is 5.69 Å². The van der Waals surface area contributed by atoms with Crippen LogP contribution in [0.25, 0.3) is 0 Å². The average molecular weight is 351 g/mol. The third kappa shape index (κ3) is 4.11. The van der Waals surface area contributed by atoms with Gasteiger partial charge in [-0.3, -0.25) is 0 Å². The fourth-order valence-electron chi connectivity index (χ4n) is 2.53. The number of halogens is 1. The van der Waals surface area contributed by atoms with Crippen molar-refractivity contribution in [3.63, 3.8) is 0 Å². The normalized spacial score (nSPS) is 12.4. The number of anilines is 1. The van der Waals surface area contributed by atoms with Crippen molar-refractivity contribution >= 4 is 21.6 Å². The Bertz CT molecular complexity index is 594. The quantitative estimate of drug-likeness (QED) is 0.821. The number of furan rings is 1. The van der Waals surface area contributed by atoms with Crippen molar-refractivity contribution in [2.45, 2.75) is 33.4 Å². The Kier molecular flexibility index (Phi) is 5.48. The number of hydrogen-bond acceptors (Lipinski definition) is 3. The van der Waals surface area contributed by atoms with Gasteiger partial charge in [-0.1, -0.05) is 22.9 Å². The highest BCUT2D eigenvalue weighted by atomic mass is 79.9. The molecule has 114 valence electrons. The molecule has 0 spiro atoms. The molecule has 1 aromatic heterocycles. The van der Waals surface area contributed by atoms with Gasteiger partial charge < -0.3 is 14.6 Å². The third-order valence-corrected chi connectivity index (χ3v) is 4.06. The van der Waals surface area contributed by atoms with E-state index in [1.807, 2.05) is 19.1 Å². The van der Waals surface area contributed by atoms with E-state index < -0.39 is 0 Å². The Morgan fingerprint density at radius 2 is 2.05 bits per heavy atom. The average Bonchev–Trinajstić information content (AvgIpc) is 2.84. The molecule has 0 bridgehead atoms. The second kappa shape index (κ2) is 7.14. The van der Waals surface area contributed by atoms with Crippen LogP contribution < -0.4 is 10.2 Å². The van der Waals surface area contributed by atoms with Gasteiger partial charge in [0.15, 0.2) is 0 Å². The van der Waals surface area contributed by atoms with E-state index in [4.69, 9.17) is 4.42 Å². The van der Waals surface area contributed by atoms with E-state index in [-0.39, 0.29) is 0 Å². The predicted molar refractivity (Wildman–Crippen MR) is 91.8 cm³/mol. The summed E-state index contributed by atoms with van der Waals surface area (Å²) >= 11 is 3.57. The minimum absolute atomic E-state index is 0.309. The van der Waals surface area contributed by atoms with Crippen LogP contribution in [0.1, 0.15) is 37.0 Å². The number of rotatable bonds is 6. The van der Waals surface area contributed by atoms with Crippen LogP contribution in [0.5, 0.6) is 0 Å². The summed E-state index contributed by atoms with van der Waals surface area (Å²) in [4.78, 5) is 2.23. The van der Waals surface area contributed by atoms with Crippen LogP contribution in [-0.4, -0.2) is 13.6 Å². The van der Waals surface area contributed by atoms with Crippen molar-refractivity contribution in [3.8, 4) is 0 Å². The zero-order chi connectivity index (χ0) is 15.4. The highest BCUT2D eigenvalue weighted by molar-refractivity contribution is 9.10. The van der Waals surface area contributed by atoms with Crippen LogP contribution in [0.15, 0.2) is 39.2 Å². The summed E-state index contributed by atoms with van der Waals surface area (Å²) in [5, 5.41) is 3.48. The van der Waals surface area contributed by atoms with Crippen molar-refractivity contribution < 1.29 is 4.42 Å². The minimum Gasteiger partial charge on any atom is -0.464 e. The summed E-state index contributed by atoms with van der Waals surface area (Å²) in [7, 11) is 2.10. The first-order valence-electron chi connectivity index (χ1n) is 7.30. The van der Waals surface area contributed by atoms with Crippen LogP contribution in [-0.2, 0) is 6.54 Å². The minimum atomic E-state index is 0.309. The first-order chi connectivity index (χ1) is 10.0. The van der Waals surface area contributed by atoms with E-state index in [9.17, 15) is 0 Å². The van der Waals surface area contributed by atoms with Crippen LogP contribution in [0.3, 0.4) is 0 Å². The lowest BCUT2D eigenvalue weighted by atomic mass is 10.1. The van der Waals surface area contributed by atoms with Gasteiger partial charge in [-0.25, -0.2) is 0 Å². The van der Waals surface area contributed by atoms with Crippen molar-refractivity contribution in [3.05, 3.63) is 51.9 Å². The van der Waals surface area contributed by atoms with Gasteiger partial charge in [-0.05, 0) is 56.3 Å². The zero-order valence-corrected chi connectivity index (χ0v) is 14.7. The van der Waals surface area contributed by atoms with Gasteiger partial charge >= 0.3 is 0 Å². The summed E-state index contributed by atoms with van der Waals surface area (Å²) in [5.74, 6) is 1.94. The van der Waals surface area contributed by atoms with Crippen molar-refractivity contribution in [1.82, 2.24) is 5.32 Å². The Morgan fingerprint density at radius 3 is 2.67 bits per heavy atom. The van der Waals surface area contributed by atoms with Crippen LogP contribution >= 0.6 is 15.9 Å². The molecule has 1 unspecified atom stereocenters. The molecule has 1 N–H and O–H groups in total. The zero-order valence-electron chi connectivity index (χ0n) is 13.1. The molecule has 1 aromatic carbocycles. The number of benzene rings is 1. The summed E-state index contributed by atoms with van der Waals surface area (Å²) < 4.78 is 6.79. The second-order valence-corrected chi connectivity index (χ2v) is 6.27. The Hall–Kier alpha value is -1.26. The van der Waals surface area contributed by atoms with Crippen molar-refractivity contribution in [1.29, 1.82) is 0 Å². The molecule has 2 rings (SSSR count). The van der Waals surface area contributed by atoms with E-state index in [2.05, 4.69) is 65.2 Å². The molecule has 3 nitrogen and oxygen atoms in total. The molecule has 0 saturated heterocycles. The SMILES string of the molecule is CCNC(C)c1cc(Br)ccc1N(C)Cc1ccc(C)o1. The van der Waals surface area contributed by atoms with E-state index in [1.54, 1.807) is 0 Å². The highest BCUT2D eigenvalue weighted by Gasteiger charge is 2.14. The Labute approximate surface area is 135 Å². The van der Waals surface area contributed by atoms with Crippen LogP contribution in [0, 0.1) is 6.92 Å². The second-order valence-electron chi connectivity index (χ2n) is 5.35. The molecule has 0 saturated carbocycles. The summed E-state index contributed by atoms with van der Waals surface area (Å²) in [6.07, 6.45) is 0. The molecule has 0 aliphatic carbocycles.